The van der Waals surface area contributed by atoms with E-state index >= 15 is 0 Å². The van der Waals surface area contributed by atoms with Crippen LogP contribution in [0.25, 0.3) is 22.8 Å². The number of amides is 1. The monoisotopic (exact) mass is 402 g/mol. The van der Waals surface area contributed by atoms with Crippen LogP contribution in [-0.2, 0) is 6.42 Å². The van der Waals surface area contributed by atoms with Gasteiger partial charge in [-0.2, -0.15) is 0 Å². The third kappa shape index (κ3) is 4.08. The number of oxazole rings is 1. The van der Waals surface area contributed by atoms with Crippen LogP contribution in [-0.4, -0.2) is 10.9 Å². The molecule has 29 heavy (non-hydrogen) atoms. The van der Waals surface area contributed by atoms with Gasteiger partial charge in [0, 0.05) is 21.8 Å². The van der Waals surface area contributed by atoms with Crippen molar-refractivity contribution in [2.24, 2.45) is 0 Å². The van der Waals surface area contributed by atoms with Gasteiger partial charge in [0.1, 0.15) is 0 Å². The van der Waals surface area contributed by atoms with Crippen LogP contribution >= 0.6 is 11.6 Å². The molecule has 0 bridgehead atoms. The van der Waals surface area contributed by atoms with E-state index in [1.54, 1.807) is 24.4 Å². The molecule has 0 fully saturated rings. The topological polar surface area (TPSA) is 55.1 Å². The number of hydrogen-bond donors (Lipinski definition) is 1. The van der Waals surface area contributed by atoms with Crippen LogP contribution in [0.5, 0.6) is 0 Å². The summed E-state index contributed by atoms with van der Waals surface area (Å²) in [5.74, 6) is 0.806. The lowest BCUT2D eigenvalue weighted by Gasteiger charge is -2.11. The molecule has 0 radical (unpaired) electrons. The maximum atomic E-state index is 13.0. The number of rotatable bonds is 5. The van der Waals surface area contributed by atoms with Crippen molar-refractivity contribution in [3.05, 3.63) is 95.1 Å². The number of nitrogens with zero attached hydrogens (tertiary/aromatic N) is 1. The number of hydrogen-bond acceptors (Lipinski definition) is 3. The van der Waals surface area contributed by atoms with E-state index in [1.807, 2.05) is 54.6 Å². The van der Waals surface area contributed by atoms with Gasteiger partial charge in [-0.1, -0.05) is 48.9 Å². The Kier molecular flexibility index (Phi) is 5.45. The molecular weight excluding hydrogens is 384 g/mol. The molecule has 1 aromatic heterocycles. The summed E-state index contributed by atoms with van der Waals surface area (Å²) >= 11 is 5.95. The van der Waals surface area contributed by atoms with Crippen molar-refractivity contribution in [3.63, 3.8) is 0 Å². The maximum absolute atomic E-state index is 13.0. The summed E-state index contributed by atoms with van der Waals surface area (Å²) < 4.78 is 5.95. The van der Waals surface area contributed by atoms with E-state index in [0.717, 1.165) is 23.2 Å². The van der Waals surface area contributed by atoms with E-state index in [2.05, 4.69) is 17.2 Å². The van der Waals surface area contributed by atoms with E-state index in [9.17, 15) is 4.79 Å². The van der Waals surface area contributed by atoms with Crippen molar-refractivity contribution in [2.45, 2.75) is 13.3 Å². The highest BCUT2D eigenvalue weighted by atomic mass is 35.5. The van der Waals surface area contributed by atoms with Gasteiger partial charge in [0.05, 0.1) is 11.8 Å². The number of carbonyl (C=O) groups is 1. The zero-order valence-electron chi connectivity index (χ0n) is 15.9. The number of carbonyl (C=O) groups excluding carboxylic acids is 1. The molecular formula is C24H19ClN2O2. The number of halogens is 1. The van der Waals surface area contributed by atoms with Crippen molar-refractivity contribution in [3.8, 4) is 22.8 Å². The fraction of sp³-hybridized carbons (Fsp3) is 0.0833. The fourth-order valence-electron chi connectivity index (χ4n) is 3.15. The molecule has 0 aliphatic rings. The lowest BCUT2D eigenvalue weighted by Crippen LogP contribution is -2.14. The number of aryl methyl sites for hydroxylation is 1. The van der Waals surface area contributed by atoms with Gasteiger partial charge in [0.25, 0.3) is 5.91 Å². The quantitative estimate of drug-likeness (QED) is 0.415. The van der Waals surface area contributed by atoms with Crippen molar-refractivity contribution in [1.82, 2.24) is 4.98 Å². The average Bonchev–Trinajstić information content (AvgIpc) is 3.25. The smallest absolute Gasteiger partial charge is 0.256 e. The molecule has 5 heteroatoms. The first-order valence-corrected chi connectivity index (χ1v) is 9.74. The third-order valence-electron chi connectivity index (χ3n) is 4.68. The molecule has 1 N–H and O–H groups in total. The van der Waals surface area contributed by atoms with Gasteiger partial charge in [-0.3, -0.25) is 4.79 Å². The predicted octanol–water partition coefficient (Wildman–Crippen LogP) is 6.48. The molecule has 0 saturated carbocycles. The minimum atomic E-state index is -0.201. The van der Waals surface area contributed by atoms with Crippen LogP contribution in [0.3, 0.4) is 0 Å². The molecule has 3 aromatic carbocycles. The second kappa shape index (κ2) is 8.33. The van der Waals surface area contributed by atoms with Crippen LogP contribution in [0.15, 0.2) is 83.4 Å². The zero-order valence-corrected chi connectivity index (χ0v) is 16.6. The minimum Gasteiger partial charge on any atom is -0.436 e. The molecule has 4 aromatic rings. The third-order valence-corrected chi connectivity index (χ3v) is 4.93. The van der Waals surface area contributed by atoms with Crippen LogP contribution < -0.4 is 5.32 Å². The summed E-state index contributed by atoms with van der Waals surface area (Å²) in [4.78, 5) is 17.4. The highest BCUT2D eigenvalue weighted by Crippen LogP contribution is 2.29. The Balaban J connectivity index is 1.65. The SMILES string of the molecule is CCc1ccccc1NC(=O)c1ccccc1-c1ncc(-c2ccc(Cl)cc2)o1. The van der Waals surface area contributed by atoms with E-state index in [0.29, 0.717) is 27.8 Å². The number of aromatic nitrogens is 1. The number of anilines is 1. The van der Waals surface area contributed by atoms with Crippen molar-refractivity contribution < 1.29 is 9.21 Å². The fourth-order valence-corrected chi connectivity index (χ4v) is 3.28. The van der Waals surface area contributed by atoms with Gasteiger partial charge in [-0.25, -0.2) is 4.98 Å². The molecule has 4 nitrogen and oxygen atoms in total. The van der Waals surface area contributed by atoms with E-state index < -0.39 is 0 Å². The van der Waals surface area contributed by atoms with E-state index in [-0.39, 0.29) is 5.91 Å². The molecule has 0 saturated heterocycles. The Morgan fingerprint density at radius 2 is 1.72 bits per heavy atom. The van der Waals surface area contributed by atoms with Gasteiger partial charge in [0.15, 0.2) is 5.76 Å². The van der Waals surface area contributed by atoms with E-state index in [1.165, 1.54) is 0 Å². The summed E-state index contributed by atoms with van der Waals surface area (Å²) in [6.45, 7) is 2.06. The average molecular weight is 403 g/mol. The first-order valence-electron chi connectivity index (χ1n) is 9.36. The molecule has 1 amide bonds. The van der Waals surface area contributed by atoms with Crippen LogP contribution in [0.1, 0.15) is 22.8 Å². The van der Waals surface area contributed by atoms with Gasteiger partial charge in [-0.05, 0) is 54.4 Å². The molecule has 0 unspecified atom stereocenters. The second-order valence-corrected chi connectivity index (χ2v) is 6.98. The first-order chi connectivity index (χ1) is 14.2. The summed E-state index contributed by atoms with van der Waals surface area (Å²) in [5, 5.41) is 3.67. The Hall–Kier alpha value is -3.37. The van der Waals surface area contributed by atoms with Crippen molar-refractivity contribution in [2.75, 3.05) is 5.32 Å². The second-order valence-electron chi connectivity index (χ2n) is 6.55. The highest BCUT2D eigenvalue weighted by molar-refractivity contribution is 6.30. The van der Waals surface area contributed by atoms with Crippen LogP contribution in [0.2, 0.25) is 5.02 Å². The van der Waals surface area contributed by atoms with Crippen LogP contribution in [0, 0.1) is 0 Å². The largest absolute Gasteiger partial charge is 0.436 e. The summed E-state index contributed by atoms with van der Waals surface area (Å²) in [6.07, 6.45) is 2.49. The summed E-state index contributed by atoms with van der Waals surface area (Å²) in [7, 11) is 0. The van der Waals surface area contributed by atoms with Gasteiger partial charge in [-0.15, -0.1) is 0 Å². The molecule has 0 atom stereocenters. The number of benzene rings is 3. The molecule has 0 aliphatic carbocycles. The van der Waals surface area contributed by atoms with Gasteiger partial charge >= 0.3 is 0 Å². The molecule has 0 spiro atoms. The maximum Gasteiger partial charge on any atom is 0.256 e. The van der Waals surface area contributed by atoms with Gasteiger partial charge in [0.2, 0.25) is 5.89 Å². The van der Waals surface area contributed by atoms with E-state index in [4.69, 9.17) is 16.0 Å². The standard InChI is InChI=1S/C24H19ClN2O2/c1-2-16-7-3-6-10-21(16)27-23(28)19-8-4-5-9-20(19)24-26-15-22(29-24)17-11-13-18(25)14-12-17/h3-15H,2H2,1H3,(H,27,28). The molecule has 0 aliphatic heterocycles. The first kappa shape index (κ1) is 19.0. The molecule has 4 rings (SSSR count). The normalized spacial score (nSPS) is 10.7. The lowest BCUT2D eigenvalue weighted by molar-refractivity contribution is 0.102. The molecule has 1 heterocycles. The Morgan fingerprint density at radius 3 is 2.52 bits per heavy atom. The van der Waals surface area contributed by atoms with Gasteiger partial charge < -0.3 is 9.73 Å². The van der Waals surface area contributed by atoms with Crippen LogP contribution in [0.4, 0.5) is 5.69 Å². The molecule has 144 valence electrons. The zero-order chi connectivity index (χ0) is 20.2. The number of para-hydroxylation sites is 1. The summed E-state index contributed by atoms with van der Waals surface area (Å²) in [6, 6.07) is 22.4. The summed E-state index contributed by atoms with van der Waals surface area (Å²) in [5.41, 5.74) is 3.90. The Bertz CT molecular complexity index is 1150. The lowest BCUT2D eigenvalue weighted by atomic mass is 10.1. The number of nitrogens with one attached hydrogen (secondary N) is 1. The van der Waals surface area contributed by atoms with Crippen molar-refractivity contribution >= 4 is 23.2 Å². The predicted molar refractivity (Wildman–Crippen MR) is 116 cm³/mol. The minimum absolute atomic E-state index is 0.201. The Morgan fingerprint density at radius 1 is 1.00 bits per heavy atom. The highest BCUT2D eigenvalue weighted by Gasteiger charge is 2.17. The Labute approximate surface area is 174 Å². The van der Waals surface area contributed by atoms with Crippen molar-refractivity contribution in [1.29, 1.82) is 0 Å².